The predicted molar refractivity (Wildman–Crippen MR) is 85.9 cm³/mol. The second kappa shape index (κ2) is 7.58. The number of carbonyl (C=O) groups excluding carboxylic acids is 3. The number of aryl methyl sites for hydroxylation is 1. The van der Waals surface area contributed by atoms with E-state index in [4.69, 9.17) is 5.11 Å². The van der Waals surface area contributed by atoms with Crippen molar-refractivity contribution in [2.45, 2.75) is 26.2 Å². The van der Waals surface area contributed by atoms with Gasteiger partial charge in [-0.15, -0.1) is 0 Å². The van der Waals surface area contributed by atoms with E-state index in [2.05, 4.69) is 10.6 Å². The number of aliphatic carboxylic acids is 1. The highest BCUT2D eigenvalue weighted by molar-refractivity contribution is 6.06. The molecule has 1 aliphatic heterocycles. The average molecular weight is 333 g/mol. The fourth-order valence-corrected chi connectivity index (χ4v) is 2.38. The Hall–Kier alpha value is -2.90. The van der Waals surface area contributed by atoms with E-state index in [1.807, 2.05) is 6.92 Å². The summed E-state index contributed by atoms with van der Waals surface area (Å²) in [5, 5.41) is 13.5. The number of benzene rings is 1. The molecular formula is C16H19N3O5. The van der Waals surface area contributed by atoms with Crippen molar-refractivity contribution in [3.63, 3.8) is 0 Å². The van der Waals surface area contributed by atoms with Gasteiger partial charge in [0, 0.05) is 37.2 Å². The summed E-state index contributed by atoms with van der Waals surface area (Å²) in [4.78, 5) is 47.2. The average Bonchev–Trinajstić information content (AvgIpc) is 2.52. The number of hydrogen-bond donors (Lipinski definition) is 3. The maximum Gasteiger partial charge on any atom is 0.328 e. The Kier molecular flexibility index (Phi) is 5.51. The Morgan fingerprint density at radius 3 is 2.75 bits per heavy atom. The summed E-state index contributed by atoms with van der Waals surface area (Å²) in [7, 11) is 0. The lowest BCUT2D eigenvalue weighted by Crippen LogP contribution is -2.49. The molecule has 1 aliphatic rings. The van der Waals surface area contributed by atoms with Crippen LogP contribution in [0, 0.1) is 6.92 Å². The molecule has 1 heterocycles. The number of carboxylic acids is 1. The van der Waals surface area contributed by atoms with Crippen LogP contribution in [0.1, 0.15) is 35.2 Å². The molecule has 1 aromatic carbocycles. The number of carbonyl (C=O) groups is 4. The number of carboxylic acid groups (broad SMARTS) is 1. The van der Waals surface area contributed by atoms with Crippen molar-refractivity contribution in [2.75, 3.05) is 18.0 Å². The fraction of sp³-hybridized carbons (Fsp3) is 0.375. The van der Waals surface area contributed by atoms with Crippen LogP contribution in [-0.4, -0.2) is 42.0 Å². The summed E-state index contributed by atoms with van der Waals surface area (Å²) < 4.78 is 0. The second-order valence-corrected chi connectivity index (χ2v) is 5.51. The van der Waals surface area contributed by atoms with Gasteiger partial charge in [0.2, 0.25) is 5.91 Å². The normalized spacial score (nSPS) is 14.3. The molecule has 0 unspecified atom stereocenters. The SMILES string of the molecule is Cc1ccc(C(=O)NCCCC(=O)O)cc1N1CCC(=O)NC1=O. The summed E-state index contributed by atoms with van der Waals surface area (Å²) >= 11 is 0. The van der Waals surface area contributed by atoms with Gasteiger partial charge in [-0.25, -0.2) is 4.79 Å². The summed E-state index contributed by atoms with van der Waals surface area (Å²) in [6.45, 7) is 2.33. The van der Waals surface area contributed by atoms with Crippen molar-refractivity contribution in [2.24, 2.45) is 0 Å². The van der Waals surface area contributed by atoms with Crippen LogP contribution in [0.3, 0.4) is 0 Å². The minimum Gasteiger partial charge on any atom is -0.481 e. The van der Waals surface area contributed by atoms with E-state index in [9.17, 15) is 19.2 Å². The van der Waals surface area contributed by atoms with Crippen molar-refractivity contribution >= 4 is 29.5 Å². The summed E-state index contributed by atoms with van der Waals surface area (Å²) in [5.41, 5.74) is 1.75. The second-order valence-electron chi connectivity index (χ2n) is 5.51. The van der Waals surface area contributed by atoms with Crippen LogP contribution in [0.25, 0.3) is 0 Å². The summed E-state index contributed by atoms with van der Waals surface area (Å²) in [6, 6.07) is 4.45. The number of nitrogens with one attached hydrogen (secondary N) is 2. The number of nitrogens with zero attached hydrogens (tertiary/aromatic N) is 1. The molecular weight excluding hydrogens is 314 g/mol. The van der Waals surface area contributed by atoms with Gasteiger partial charge in [0.05, 0.1) is 0 Å². The van der Waals surface area contributed by atoms with Gasteiger partial charge in [-0.3, -0.25) is 24.6 Å². The largest absolute Gasteiger partial charge is 0.481 e. The molecule has 4 amide bonds. The molecule has 128 valence electrons. The number of anilines is 1. The molecule has 0 bridgehead atoms. The molecule has 0 aromatic heterocycles. The van der Waals surface area contributed by atoms with Gasteiger partial charge in [0.1, 0.15) is 0 Å². The molecule has 1 saturated heterocycles. The van der Waals surface area contributed by atoms with Crippen molar-refractivity contribution in [1.29, 1.82) is 0 Å². The molecule has 0 atom stereocenters. The maximum absolute atomic E-state index is 12.1. The van der Waals surface area contributed by atoms with Gasteiger partial charge >= 0.3 is 12.0 Å². The van der Waals surface area contributed by atoms with Gasteiger partial charge in [-0.1, -0.05) is 6.07 Å². The summed E-state index contributed by atoms with van der Waals surface area (Å²) in [6.07, 6.45) is 0.536. The minimum absolute atomic E-state index is 0.0125. The first kappa shape index (κ1) is 17.5. The third-order valence-corrected chi connectivity index (χ3v) is 3.67. The van der Waals surface area contributed by atoms with Gasteiger partial charge in [-0.05, 0) is 31.0 Å². The zero-order valence-corrected chi connectivity index (χ0v) is 13.3. The van der Waals surface area contributed by atoms with E-state index in [-0.39, 0.29) is 37.7 Å². The Morgan fingerprint density at radius 1 is 1.33 bits per heavy atom. The lowest BCUT2D eigenvalue weighted by molar-refractivity contribution is -0.137. The minimum atomic E-state index is -0.910. The van der Waals surface area contributed by atoms with E-state index < -0.39 is 12.0 Å². The van der Waals surface area contributed by atoms with E-state index in [0.29, 0.717) is 17.7 Å². The van der Waals surface area contributed by atoms with Crippen molar-refractivity contribution in [1.82, 2.24) is 10.6 Å². The standard InChI is InChI=1S/C16H19N3O5/c1-10-4-5-11(15(23)17-7-2-3-14(21)22)9-12(10)19-8-6-13(20)18-16(19)24/h4-5,9H,2-3,6-8H2,1H3,(H,17,23)(H,21,22)(H,18,20,24). The van der Waals surface area contributed by atoms with E-state index in [1.165, 1.54) is 4.90 Å². The molecule has 3 N–H and O–H groups in total. The molecule has 8 heteroatoms. The number of rotatable bonds is 6. The first-order valence-corrected chi connectivity index (χ1v) is 7.60. The molecule has 0 aliphatic carbocycles. The Labute approximate surface area is 138 Å². The van der Waals surface area contributed by atoms with E-state index in [1.54, 1.807) is 18.2 Å². The lowest BCUT2D eigenvalue weighted by Gasteiger charge is -2.28. The Morgan fingerprint density at radius 2 is 2.08 bits per heavy atom. The first-order chi connectivity index (χ1) is 11.4. The van der Waals surface area contributed by atoms with Crippen LogP contribution in [0.15, 0.2) is 18.2 Å². The third kappa shape index (κ3) is 4.31. The smallest absolute Gasteiger partial charge is 0.328 e. The third-order valence-electron chi connectivity index (χ3n) is 3.67. The molecule has 0 radical (unpaired) electrons. The monoisotopic (exact) mass is 333 g/mol. The number of hydrogen-bond acceptors (Lipinski definition) is 4. The van der Waals surface area contributed by atoms with Gasteiger partial charge in [-0.2, -0.15) is 0 Å². The van der Waals surface area contributed by atoms with Crippen molar-refractivity contribution < 1.29 is 24.3 Å². The van der Waals surface area contributed by atoms with Crippen molar-refractivity contribution in [3.8, 4) is 0 Å². The molecule has 1 fully saturated rings. The zero-order chi connectivity index (χ0) is 17.7. The van der Waals surface area contributed by atoms with Crippen molar-refractivity contribution in [3.05, 3.63) is 29.3 Å². The highest BCUT2D eigenvalue weighted by atomic mass is 16.4. The summed E-state index contributed by atoms with van der Waals surface area (Å²) in [5.74, 6) is -1.57. The molecule has 2 rings (SSSR count). The van der Waals surface area contributed by atoms with Crippen LogP contribution < -0.4 is 15.5 Å². The highest BCUT2D eigenvalue weighted by Gasteiger charge is 2.25. The molecule has 1 aromatic rings. The van der Waals surface area contributed by atoms with Crippen LogP contribution in [0.2, 0.25) is 0 Å². The highest BCUT2D eigenvalue weighted by Crippen LogP contribution is 2.23. The molecule has 0 spiro atoms. The Bertz CT molecular complexity index is 686. The quantitative estimate of drug-likeness (QED) is 0.673. The topological polar surface area (TPSA) is 116 Å². The van der Waals surface area contributed by atoms with E-state index in [0.717, 1.165) is 5.56 Å². The lowest BCUT2D eigenvalue weighted by atomic mass is 10.1. The van der Waals surface area contributed by atoms with Crippen LogP contribution in [0.4, 0.5) is 10.5 Å². The van der Waals surface area contributed by atoms with Gasteiger partial charge in [0.15, 0.2) is 0 Å². The van der Waals surface area contributed by atoms with Crippen LogP contribution in [0.5, 0.6) is 0 Å². The molecule has 0 saturated carbocycles. The predicted octanol–water partition coefficient (Wildman–Crippen LogP) is 1.04. The molecule has 24 heavy (non-hydrogen) atoms. The van der Waals surface area contributed by atoms with Gasteiger partial charge in [0.25, 0.3) is 5.91 Å². The van der Waals surface area contributed by atoms with E-state index >= 15 is 0 Å². The maximum atomic E-state index is 12.1. The number of amides is 4. The number of urea groups is 1. The fourth-order valence-electron chi connectivity index (χ4n) is 2.38. The Balaban J connectivity index is 2.07. The van der Waals surface area contributed by atoms with Gasteiger partial charge < -0.3 is 10.4 Å². The van der Waals surface area contributed by atoms with Crippen LogP contribution >= 0.6 is 0 Å². The molecule has 8 nitrogen and oxygen atoms in total. The zero-order valence-electron chi connectivity index (χ0n) is 13.3. The first-order valence-electron chi connectivity index (χ1n) is 7.60. The number of imide groups is 1. The van der Waals surface area contributed by atoms with Crippen LogP contribution in [-0.2, 0) is 9.59 Å².